The van der Waals surface area contributed by atoms with Crippen molar-refractivity contribution in [3.8, 4) is 0 Å². The average molecular weight is 295 g/mol. The van der Waals surface area contributed by atoms with E-state index in [-0.39, 0.29) is 5.91 Å². The second-order valence-electron chi connectivity index (χ2n) is 6.32. The molecule has 118 valence electrons. The number of hydrogen-bond donors (Lipinski definition) is 1. The summed E-state index contributed by atoms with van der Waals surface area (Å²) >= 11 is 0. The van der Waals surface area contributed by atoms with Gasteiger partial charge in [-0.05, 0) is 19.8 Å². The van der Waals surface area contributed by atoms with Crippen LogP contribution in [-0.2, 0) is 11.3 Å². The van der Waals surface area contributed by atoms with E-state index in [2.05, 4.69) is 19.0 Å². The number of rotatable bonds is 4. The van der Waals surface area contributed by atoms with Crippen LogP contribution in [0.3, 0.4) is 0 Å². The predicted octanol–water partition coefficient (Wildman–Crippen LogP) is 0.953. The zero-order valence-electron chi connectivity index (χ0n) is 13.3. The Bertz CT molecular complexity index is 479. The van der Waals surface area contributed by atoms with Gasteiger partial charge in [-0.1, -0.05) is 19.0 Å². The molecule has 1 atom stereocenters. The number of nitrogens with zero attached hydrogens (tertiary/aromatic N) is 3. The molecule has 6 heteroatoms. The molecule has 1 saturated heterocycles. The van der Waals surface area contributed by atoms with Crippen LogP contribution in [0, 0.1) is 19.8 Å². The molecule has 0 radical (unpaired) electrons. The van der Waals surface area contributed by atoms with E-state index in [0.717, 1.165) is 17.0 Å². The van der Waals surface area contributed by atoms with Gasteiger partial charge < -0.3 is 14.5 Å². The van der Waals surface area contributed by atoms with Crippen LogP contribution in [-0.4, -0.2) is 58.3 Å². The van der Waals surface area contributed by atoms with Crippen LogP contribution in [0.2, 0.25) is 0 Å². The van der Waals surface area contributed by atoms with E-state index in [1.807, 2.05) is 18.7 Å². The van der Waals surface area contributed by atoms with Crippen LogP contribution in [0.25, 0.3) is 0 Å². The van der Waals surface area contributed by atoms with Crippen LogP contribution < -0.4 is 0 Å². The minimum Gasteiger partial charge on any atom is -0.390 e. The molecule has 1 aliphatic rings. The zero-order valence-corrected chi connectivity index (χ0v) is 13.3. The smallest absolute Gasteiger partial charge is 0.236 e. The molecular weight excluding hydrogens is 270 g/mol. The van der Waals surface area contributed by atoms with E-state index in [1.54, 1.807) is 4.90 Å². The van der Waals surface area contributed by atoms with E-state index in [4.69, 9.17) is 4.52 Å². The number of aryl methyl sites for hydroxylation is 2. The third-order valence-electron chi connectivity index (χ3n) is 3.76. The summed E-state index contributed by atoms with van der Waals surface area (Å²) in [7, 11) is 0. The number of carbonyl (C=O) groups is 1. The molecule has 1 aliphatic heterocycles. The van der Waals surface area contributed by atoms with Gasteiger partial charge in [0.1, 0.15) is 5.76 Å². The average Bonchev–Trinajstić information content (AvgIpc) is 2.61. The number of aliphatic hydroxyl groups excluding tert-OH is 1. The summed E-state index contributed by atoms with van der Waals surface area (Å²) in [5, 5.41) is 14.1. The number of amides is 1. The second kappa shape index (κ2) is 6.58. The normalized spacial score (nSPS) is 21.1. The van der Waals surface area contributed by atoms with Gasteiger partial charge in [-0.25, -0.2) is 0 Å². The summed E-state index contributed by atoms with van der Waals surface area (Å²) in [6, 6.07) is 0. The summed E-state index contributed by atoms with van der Waals surface area (Å²) in [6.07, 6.45) is -0.518. The highest BCUT2D eigenvalue weighted by atomic mass is 16.5. The molecule has 0 aromatic carbocycles. The van der Waals surface area contributed by atoms with Crippen LogP contribution in [0.1, 0.15) is 30.9 Å². The fourth-order valence-electron chi connectivity index (χ4n) is 2.76. The molecule has 1 amide bonds. The molecule has 0 spiro atoms. The van der Waals surface area contributed by atoms with E-state index in [0.29, 0.717) is 38.6 Å². The molecule has 0 bridgehead atoms. The van der Waals surface area contributed by atoms with Gasteiger partial charge in [0.25, 0.3) is 0 Å². The molecule has 1 unspecified atom stereocenters. The van der Waals surface area contributed by atoms with Gasteiger partial charge in [-0.2, -0.15) is 0 Å². The Kier molecular flexibility index (Phi) is 5.00. The Morgan fingerprint density at radius 3 is 2.67 bits per heavy atom. The Balaban J connectivity index is 2.07. The molecular formula is C15H25N3O3. The quantitative estimate of drug-likeness (QED) is 0.895. The van der Waals surface area contributed by atoms with Gasteiger partial charge in [0, 0.05) is 31.7 Å². The molecule has 1 N–H and O–H groups in total. The maximum Gasteiger partial charge on any atom is 0.236 e. The van der Waals surface area contributed by atoms with Gasteiger partial charge in [-0.15, -0.1) is 0 Å². The molecule has 0 aliphatic carbocycles. The zero-order chi connectivity index (χ0) is 15.6. The van der Waals surface area contributed by atoms with Crippen molar-refractivity contribution >= 4 is 5.91 Å². The lowest BCUT2D eigenvalue weighted by molar-refractivity contribution is -0.132. The summed E-state index contributed by atoms with van der Waals surface area (Å²) in [4.78, 5) is 16.1. The molecule has 6 nitrogen and oxygen atoms in total. The fourth-order valence-corrected chi connectivity index (χ4v) is 2.76. The number of β-amino-alcohol motifs (C(OH)–C–C–N with tert-alkyl or cyclic N) is 1. The Labute approximate surface area is 125 Å². The van der Waals surface area contributed by atoms with Gasteiger partial charge in [-0.3, -0.25) is 9.69 Å². The first-order valence-corrected chi connectivity index (χ1v) is 7.46. The van der Waals surface area contributed by atoms with E-state index >= 15 is 0 Å². The number of aromatic nitrogens is 1. The van der Waals surface area contributed by atoms with Crippen LogP contribution in [0.4, 0.5) is 0 Å². The summed E-state index contributed by atoms with van der Waals surface area (Å²) in [5.41, 5.74) is 1.85. The lowest BCUT2D eigenvalue weighted by Gasteiger charge is -2.23. The second-order valence-corrected chi connectivity index (χ2v) is 6.32. The molecule has 1 aromatic rings. The molecule has 2 rings (SSSR count). The van der Waals surface area contributed by atoms with Crippen molar-refractivity contribution in [1.29, 1.82) is 0 Å². The van der Waals surface area contributed by atoms with Crippen molar-refractivity contribution < 1.29 is 14.4 Å². The Morgan fingerprint density at radius 1 is 1.38 bits per heavy atom. The first-order valence-electron chi connectivity index (χ1n) is 7.46. The van der Waals surface area contributed by atoms with Crippen molar-refractivity contribution in [2.24, 2.45) is 5.92 Å². The predicted molar refractivity (Wildman–Crippen MR) is 78.7 cm³/mol. The highest BCUT2D eigenvalue weighted by Crippen LogP contribution is 2.17. The summed E-state index contributed by atoms with van der Waals surface area (Å²) < 4.78 is 5.16. The van der Waals surface area contributed by atoms with Gasteiger partial charge in [0.2, 0.25) is 5.91 Å². The molecule has 1 aromatic heterocycles. The summed E-state index contributed by atoms with van der Waals surface area (Å²) in [6.45, 7) is 10.4. The lowest BCUT2D eigenvalue weighted by atomic mass is 10.2. The van der Waals surface area contributed by atoms with Crippen molar-refractivity contribution in [1.82, 2.24) is 15.0 Å². The standard InChI is InChI=1S/C15H25N3O3/c1-10(2)5-18-7-13(19)6-17(9-15(18)20)8-14-11(3)16-21-12(14)4/h10,13,19H,5-9H2,1-4H3. The molecule has 21 heavy (non-hydrogen) atoms. The monoisotopic (exact) mass is 295 g/mol. The first kappa shape index (κ1) is 16.0. The largest absolute Gasteiger partial charge is 0.390 e. The van der Waals surface area contributed by atoms with Gasteiger partial charge >= 0.3 is 0 Å². The Hall–Kier alpha value is -1.40. The van der Waals surface area contributed by atoms with E-state index in [9.17, 15) is 9.90 Å². The highest BCUT2D eigenvalue weighted by Gasteiger charge is 2.28. The molecule has 0 saturated carbocycles. The molecule has 2 heterocycles. The third-order valence-corrected chi connectivity index (χ3v) is 3.76. The van der Waals surface area contributed by atoms with Crippen LogP contribution in [0.15, 0.2) is 4.52 Å². The maximum atomic E-state index is 12.3. The van der Waals surface area contributed by atoms with E-state index < -0.39 is 6.10 Å². The topological polar surface area (TPSA) is 69.8 Å². The van der Waals surface area contributed by atoms with Crippen LogP contribution in [0.5, 0.6) is 0 Å². The van der Waals surface area contributed by atoms with Crippen molar-refractivity contribution in [3.05, 3.63) is 17.0 Å². The van der Waals surface area contributed by atoms with Crippen molar-refractivity contribution in [3.63, 3.8) is 0 Å². The SMILES string of the molecule is Cc1noc(C)c1CN1CC(=O)N(CC(C)C)CC(O)C1. The first-order chi connectivity index (χ1) is 9.86. The minimum absolute atomic E-state index is 0.0759. The van der Waals surface area contributed by atoms with Crippen molar-refractivity contribution in [2.45, 2.75) is 40.3 Å². The fraction of sp³-hybridized carbons (Fsp3) is 0.733. The Morgan fingerprint density at radius 2 is 2.10 bits per heavy atom. The van der Waals surface area contributed by atoms with Gasteiger partial charge in [0.05, 0.1) is 18.3 Å². The summed E-state index contributed by atoms with van der Waals surface area (Å²) in [5.74, 6) is 1.25. The van der Waals surface area contributed by atoms with Crippen molar-refractivity contribution in [2.75, 3.05) is 26.2 Å². The van der Waals surface area contributed by atoms with E-state index in [1.165, 1.54) is 0 Å². The van der Waals surface area contributed by atoms with Crippen LogP contribution >= 0.6 is 0 Å². The lowest BCUT2D eigenvalue weighted by Crippen LogP contribution is -2.39. The third kappa shape index (κ3) is 4.04. The highest BCUT2D eigenvalue weighted by molar-refractivity contribution is 5.78. The number of aliphatic hydroxyl groups is 1. The minimum atomic E-state index is -0.518. The molecule has 1 fully saturated rings. The maximum absolute atomic E-state index is 12.3. The number of carbonyl (C=O) groups excluding carboxylic acids is 1. The van der Waals surface area contributed by atoms with Gasteiger partial charge in [0.15, 0.2) is 0 Å². The number of hydrogen-bond acceptors (Lipinski definition) is 5.